The van der Waals surface area contributed by atoms with Gasteiger partial charge in [-0.25, -0.2) is 0 Å². The minimum Gasteiger partial charge on any atom is -0.493 e. The highest BCUT2D eigenvalue weighted by Crippen LogP contribution is 2.39. The van der Waals surface area contributed by atoms with Crippen LogP contribution in [0.4, 0.5) is 0 Å². The summed E-state index contributed by atoms with van der Waals surface area (Å²) in [6.45, 7) is 1.14. The maximum absolute atomic E-state index is 11.9. The number of benzene rings is 3. The van der Waals surface area contributed by atoms with Crippen molar-refractivity contribution in [2.75, 3.05) is 13.7 Å². The van der Waals surface area contributed by atoms with Crippen molar-refractivity contribution in [3.8, 4) is 11.5 Å². The van der Waals surface area contributed by atoms with Crippen LogP contribution in [0, 0.1) is 0 Å². The number of hydrogen-bond acceptors (Lipinski definition) is 4. The molecule has 3 aromatic rings. The van der Waals surface area contributed by atoms with Crippen LogP contribution in [0.25, 0.3) is 0 Å². The van der Waals surface area contributed by atoms with Crippen molar-refractivity contribution in [1.82, 2.24) is 4.90 Å². The number of halogens is 1. The molecule has 32 heavy (non-hydrogen) atoms. The van der Waals surface area contributed by atoms with Gasteiger partial charge in [-0.15, -0.1) is 0 Å². The number of carboxylic acid groups (broad SMARTS) is 1. The molecule has 2 atom stereocenters. The lowest BCUT2D eigenvalue weighted by molar-refractivity contribution is -0.142. The van der Waals surface area contributed by atoms with E-state index in [9.17, 15) is 9.90 Å². The first-order chi connectivity index (χ1) is 15.6. The van der Waals surface area contributed by atoms with Gasteiger partial charge in [0.05, 0.1) is 13.2 Å². The largest absolute Gasteiger partial charge is 0.493 e. The Morgan fingerprint density at radius 2 is 1.78 bits per heavy atom. The molecule has 0 amide bonds. The van der Waals surface area contributed by atoms with Crippen LogP contribution in [0.2, 0.25) is 5.02 Å². The number of carboxylic acids is 1. The number of rotatable bonds is 8. The molecule has 6 heteroatoms. The number of likely N-dealkylation sites (tertiary alicyclic amines) is 1. The van der Waals surface area contributed by atoms with Crippen molar-refractivity contribution in [3.63, 3.8) is 0 Å². The van der Waals surface area contributed by atoms with Crippen molar-refractivity contribution in [1.29, 1.82) is 0 Å². The highest BCUT2D eigenvalue weighted by Gasteiger charge is 2.37. The fourth-order valence-corrected chi connectivity index (χ4v) is 4.42. The molecule has 5 nitrogen and oxygen atoms in total. The summed E-state index contributed by atoms with van der Waals surface area (Å²) in [4.78, 5) is 14.0. The lowest BCUT2D eigenvalue weighted by Gasteiger charge is -2.32. The highest BCUT2D eigenvalue weighted by molar-refractivity contribution is 6.30. The van der Waals surface area contributed by atoms with Gasteiger partial charge in [0.2, 0.25) is 0 Å². The van der Waals surface area contributed by atoms with Crippen LogP contribution >= 0.6 is 11.6 Å². The maximum Gasteiger partial charge on any atom is 0.320 e. The van der Waals surface area contributed by atoms with Gasteiger partial charge in [-0.2, -0.15) is 0 Å². The van der Waals surface area contributed by atoms with E-state index in [1.165, 1.54) is 0 Å². The van der Waals surface area contributed by atoms with E-state index in [2.05, 4.69) is 0 Å². The van der Waals surface area contributed by atoms with Crippen molar-refractivity contribution in [2.24, 2.45) is 0 Å². The van der Waals surface area contributed by atoms with Crippen LogP contribution in [0.5, 0.6) is 11.5 Å². The first-order valence-electron chi connectivity index (χ1n) is 10.7. The van der Waals surface area contributed by atoms with E-state index >= 15 is 0 Å². The third kappa shape index (κ3) is 4.90. The summed E-state index contributed by atoms with van der Waals surface area (Å²) in [5, 5.41) is 10.4. The van der Waals surface area contributed by atoms with E-state index in [0.717, 1.165) is 23.1 Å². The van der Waals surface area contributed by atoms with Crippen LogP contribution in [-0.4, -0.2) is 35.7 Å². The van der Waals surface area contributed by atoms with E-state index < -0.39 is 12.0 Å². The van der Waals surface area contributed by atoms with E-state index in [1.54, 1.807) is 7.11 Å². The van der Waals surface area contributed by atoms with E-state index in [1.807, 2.05) is 77.7 Å². The second-order valence-electron chi connectivity index (χ2n) is 7.87. The molecule has 4 rings (SSSR count). The van der Waals surface area contributed by atoms with Gasteiger partial charge in [-0.1, -0.05) is 60.1 Å². The summed E-state index contributed by atoms with van der Waals surface area (Å²) < 4.78 is 11.6. The topological polar surface area (TPSA) is 59.0 Å². The number of ether oxygens (including phenoxy) is 2. The molecule has 2 unspecified atom stereocenters. The van der Waals surface area contributed by atoms with Gasteiger partial charge in [0.1, 0.15) is 12.6 Å². The second-order valence-corrected chi connectivity index (χ2v) is 8.31. The molecule has 1 saturated heterocycles. The zero-order chi connectivity index (χ0) is 22.5. The summed E-state index contributed by atoms with van der Waals surface area (Å²) in [6.07, 6.45) is 1.48. The zero-order valence-electron chi connectivity index (χ0n) is 17.9. The van der Waals surface area contributed by atoms with E-state index in [0.29, 0.717) is 36.1 Å². The van der Waals surface area contributed by atoms with Crippen LogP contribution in [0.3, 0.4) is 0 Å². The molecular weight excluding hydrogens is 426 g/mol. The lowest BCUT2D eigenvalue weighted by atomic mass is 9.96. The van der Waals surface area contributed by atoms with Gasteiger partial charge in [0.25, 0.3) is 0 Å². The van der Waals surface area contributed by atoms with Crippen LogP contribution in [0.15, 0.2) is 72.8 Å². The van der Waals surface area contributed by atoms with Crippen molar-refractivity contribution in [2.45, 2.75) is 31.5 Å². The van der Waals surface area contributed by atoms with Crippen LogP contribution < -0.4 is 9.47 Å². The normalized spacial score (nSPS) is 17.1. The molecule has 0 spiro atoms. The fraction of sp³-hybridized carbons (Fsp3) is 0.269. The molecule has 0 saturated carbocycles. The first kappa shape index (κ1) is 22.2. The van der Waals surface area contributed by atoms with Crippen molar-refractivity contribution in [3.05, 3.63) is 94.5 Å². The SMILES string of the molecule is COc1cc(C(c2ccc(Cl)cc2)N2CCCC2C(=O)O)ccc1OCc1ccccc1. The number of nitrogens with zero attached hydrogens (tertiary/aromatic N) is 1. The Kier molecular flexibility index (Phi) is 6.98. The molecule has 1 aliphatic heterocycles. The Morgan fingerprint density at radius 1 is 1.06 bits per heavy atom. The van der Waals surface area contributed by atoms with Gasteiger partial charge in [0.15, 0.2) is 11.5 Å². The summed E-state index contributed by atoms with van der Waals surface area (Å²) in [5.74, 6) is 0.464. The quantitative estimate of drug-likeness (QED) is 0.485. The van der Waals surface area contributed by atoms with E-state index in [-0.39, 0.29) is 6.04 Å². The Morgan fingerprint density at radius 3 is 2.47 bits per heavy atom. The molecule has 166 valence electrons. The minimum atomic E-state index is -0.795. The molecule has 1 heterocycles. The van der Waals surface area contributed by atoms with Gasteiger partial charge in [-0.3, -0.25) is 9.69 Å². The van der Waals surface area contributed by atoms with Crippen LogP contribution in [0.1, 0.15) is 35.6 Å². The molecular formula is C26H26ClNO4. The smallest absolute Gasteiger partial charge is 0.320 e. The van der Waals surface area contributed by atoms with E-state index in [4.69, 9.17) is 21.1 Å². The molecule has 1 N–H and O–H groups in total. The average molecular weight is 452 g/mol. The minimum absolute atomic E-state index is 0.229. The maximum atomic E-state index is 11.9. The summed E-state index contributed by atoms with van der Waals surface area (Å²) in [7, 11) is 1.61. The third-order valence-electron chi connectivity index (χ3n) is 5.84. The molecule has 0 bridgehead atoms. The van der Waals surface area contributed by atoms with Crippen molar-refractivity contribution < 1.29 is 19.4 Å². The van der Waals surface area contributed by atoms with Gasteiger partial charge in [-0.05, 0) is 53.8 Å². The zero-order valence-corrected chi connectivity index (χ0v) is 18.7. The Labute approximate surface area is 193 Å². The van der Waals surface area contributed by atoms with Crippen molar-refractivity contribution >= 4 is 17.6 Å². The molecule has 3 aromatic carbocycles. The summed E-state index contributed by atoms with van der Waals surface area (Å²) in [5.41, 5.74) is 3.01. The summed E-state index contributed by atoms with van der Waals surface area (Å²) in [6, 6.07) is 22.6. The Balaban J connectivity index is 1.67. The number of aliphatic carboxylic acids is 1. The molecule has 1 fully saturated rings. The summed E-state index contributed by atoms with van der Waals surface area (Å²) >= 11 is 6.11. The highest BCUT2D eigenvalue weighted by atomic mass is 35.5. The number of carbonyl (C=O) groups is 1. The third-order valence-corrected chi connectivity index (χ3v) is 6.09. The number of methoxy groups -OCH3 is 1. The first-order valence-corrected chi connectivity index (χ1v) is 11.0. The van der Waals surface area contributed by atoms with Gasteiger partial charge < -0.3 is 14.6 Å². The van der Waals surface area contributed by atoms with Gasteiger partial charge >= 0.3 is 5.97 Å². The monoisotopic (exact) mass is 451 g/mol. The lowest BCUT2D eigenvalue weighted by Crippen LogP contribution is -2.39. The Bertz CT molecular complexity index is 1060. The Hall–Kier alpha value is -3.02. The predicted octanol–water partition coefficient (Wildman–Crippen LogP) is 5.57. The van der Waals surface area contributed by atoms with Crippen LogP contribution in [-0.2, 0) is 11.4 Å². The number of hydrogen-bond donors (Lipinski definition) is 1. The average Bonchev–Trinajstić information content (AvgIpc) is 3.30. The molecule has 0 radical (unpaired) electrons. The molecule has 0 aromatic heterocycles. The predicted molar refractivity (Wildman–Crippen MR) is 124 cm³/mol. The molecule has 0 aliphatic carbocycles. The fourth-order valence-electron chi connectivity index (χ4n) is 4.29. The standard InChI is InChI=1S/C26H26ClNO4/c1-31-24-16-20(11-14-23(24)32-17-18-6-3-2-4-7-18)25(19-9-12-21(27)13-10-19)28-15-5-8-22(28)26(29)30/h2-4,6-7,9-14,16,22,25H,5,8,15,17H2,1H3,(H,29,30). The van der Waals surface area contributed by atoms with Gasteiger partial charge in [0, 0.05) is 11.6 Å². The second kappa shape index (κ2) is 10.1. The molecule has 1 aliphatic rings.